The predicted molar refractivity (Wildman–Crippen MR) is 68.3 cm³/mol. The monoisotopic (exact) mass is 234 g/mol. The third-order valence-corrected chi connectivity index (χ3v) is 3.12. The van der Waals surface area contributed by atoms with Crippen LogP contribution in [0.2, 0.25) is 0 Å². The van der Waals surface area contributed by atoms with E-state index < -0.39 is 5.76 Å². The zero-order valence-electron chi connectivity index (χ0n) is 10.5. The van der Waals surface area contributed by atoms with Crippen LogP contribution in [0.15, 0.2) is 27.4 Å². The van der Waals surface area contributed by atoms with Crippen LogP contribution in [0.1, 0.15) is 19.4 Å². The normalized spacial score (nSPS) is 11.8. The van der Waals surface area contributed by atoms with Crippen LogP contribution in [0.4, 0.5) is 0 Å². The highest BCUT2D eigenvalue weighted by molar-refractivity contribution is 5.72. The summed E-state index contributed by atoms with van der Waals surface area (Å²) in [6.07, 6.45) is 0.970. The Hall–Kier alpha value is -1.55. The number of hydrogen-bond acceptors (Lipinski definition) is 3. The highest BCUT2D eigenvalue weighted by atomic mass is 16.4. The van der Waals surface area contributed by atoms with E-state index in [2.05, 4.69) is 30.8 Å². The second kappa shape index (κ2) is 4.75. The summed E-state index contributed by atoms with van der Waals surface area (Å²) in [6, 6.07) is 6.38. The number of aromatic amines is 1. The van der Waals surface area contributed by atoms with Crippen molar-refractivity contribution in [3.05, 3.63) is 34.3 Å². The van der Waals surface area contributed by atoms with Crippen molar-refractivity contribution in [2.24, 2.45) is 0 Å². The molecule has 92 valence electrons. The summed E-state index contributed by atoms with van der Waals surface area (Å²) < 4.78 is 4.97. The van der Waals surface area contributed by atoms with Gasteiger partial charge in [-0.05, 0) is 45.0 Å². The molecular formula is C13H18N2O2. The second-order valence-corrected chi connectivity index (χ2v) is 4.67. The number of oxazole rings is 1. The molecule has 1 heterocycles. The fourth-order valence-corrected chi connectivity index (χ4v) is 1.72. The van der Waals surface area contributed by atoms with Crippen LogP contribution < -0.4 is 5.76 Å². The zero-order valence-corrected chi connectivity index (χ0v) is 10.5. The molecule has 1 N–H and O–H groups in total. The van der Waals surface area contributed by atoms with Crippen LogP contribution >= 0.6 is 0 Å². The Balaban J connectivity index is 2.11. The first-order valence-corrected chi connectivity index (χ1v) is 5.88. The Morgan fingerprint density at radius 3 is 2.88 bits per heavy atom. The van der Waals surface area contributed by atoms with Gasteiger partial charge in [0.15, 0.2) is 5.58 Å². The molecule has 0 amide bonds. The van der Waals surface area contributed by atoms with Crippen LogP contribution in [0.5, 0.6) is 0 Å². The van der Waals surface area contributed by atoms with Gasteiger partial charge in [0.25, 0.3) is 0 Å². The largest absolute Gasteiger partial charge is 0.417 e. The number of nitrogens with one attached hydrogen (secondary N) is 1. The molecule has 0 fully saturated rings. The average molecular weight is 234 g/mol. The van der Waals surface area contributed by atoms with Crippen LogP contribution in [-0.2, 0) is 6.42 Å². The van der Waals surface area contributed by atoms with Gasteiger partial charge in [0, 0.05) is 12.6 Å². The fourth-order valence-electron chi connectivity index (χ4n) is 1.72. The van der Waals surface area contributed by atoms with Crippen molar-refractivity contribution in [1.82, 2.24) is 9.88 Å². The standard InChI is InChI=1S/C13H18N2O2/c1-9(2)15(3)7-6-10-4-5-12-11(8-10)14-13(16)17-12/h4-5,8-9H,6-7H2,1-3H3,(H,14,16). The lowest BCUT2D eigenvalue weighted by atomic mass is 10.1. The summed E-state index contributed by atoms with van der Waals surface area (Å²) in [5.41, 5.74) is 2.61. The third kappa shape index (κ3) is 2.77. The van der Waals surface area contributed by atoms with Gasteiger partial charge in [0.1, 0.15) is 0 Å². The number of likely N-dealkylation sites (N-methyl/N-ethyl adjacent to an activating group) is 1. The molecule has 17 heavy (non-hydrogen) atoms. The minimum absolute atomic E-state index is 0.392. The summed E-state index contributed by atoms with van der Waals surface area (Å²) >= 11 is 0. The number of hydrogen-bond donors (Lipinski definition) is 1. The highest BCUT2D eigenvalue weighted by Crippen LogP contribution is 2.13. The molecule has 0 aliphatic heterocycles. The smallest absolute Gasteiger partial charge is 0.408 e. The SMILES string of the molecule is CC(C)N(C)CCc1ccc2oc(=O)[nH]c2c1. The first-order valence-electron chi connectivity index (χ1n) is 5.88. The molecule has 0 radical (unpaired) electrons. The van der Waals surface area contributed by atoms with Crippen molar-refractivity contribution in [3.63, 3.8) is 0 Å². The molecule has 0 spiro atoms. The van der Waals surface area contributed by atoms with Crippen molar-refractivity contribution in [3.8, 4) is 0 Å². The Bertz CT molecular complexity index is 554. The Morgan fingerprint density at radius 2 is 2.18 bits per heavy atom. The molecule has 2 aromatic rings. The number of rotatable bonds is 4. The van der Waals surface area contributed by atoms with Crippen molar-refractivity contribution < 1.29 is 4.42 Å². The maximum atomic E-state index is 11.0. The maximum absolute atomic E-state index is 11.0. The van der Waals surface area contributed by atoms with Crippen LogP contribution in [-0.4, -0.2) is 29.5 Å². The van der Waals surface area contributed by atoms with E-state index in [1.54, 1.807) is 0 Å². The lowest BCUT2D eigenvalue weighted by Gasteiger charge is -2.20. The molecule has 0 bridgehead atoms. The number of H-pyrrole nitrogens is 1. The van der Waals surface area contributed by atoms with E-state index in [-0.39, 0.29) is 0 Å². The average Bonchev–Trinajstić information content (AvgIpc) is 2.64. The maximum Gasteiger partial charge on any atom is 0.417 e. The van der Waals surface area contributed by atoms with Crippen molar-refractivity contribution in [1.29, 1.82) is 0 Å². The van der Waals surface area contributed by atoms with Gasteiger partial charge in [-0.2, -0.15) is 0 Å². The Labute approximate surface area is 100 Å². The van der Waals surface area contributed by atoms with Gasteiger partial charge < -0.3 is 9.32 Å². The molecule has 0 atom stereocenters. The van der Waals surface area contributed by atoms with E-state index in [9.17, 15) is 4.79 Å². The summed E-state index contributed by atoms with van der Waals surface area (Å²) in [7, 11) is 2.11. The van der Waals surface area contributed by atoms with E-state index in [1.165, 1.54) is 5.56 Å². The molecule has 1 aromatic heterocycles. The van der Waals surface area contributed by atoms with Gasteiger partial charge in [0.05, 0.1) is 5.52 Å². The van der Waals surface area contributed by atoms with Crippen molar-refractivity contribution >= 4 is 11.1 Å². The third-order valence-electron chi connectivity index (χ3n) is 3.12. The van der Waals surface area contributed by atoms with Crippen molar-refractivity contribution in [2.75, 3.05) is 13.6 Å². The van der Waals surface area contributed by atoms with E-state index in [4.69, 9.17) is 4.42 Å². The minimum Gasteiger partial charge on any atom is -0.408 e. The van der Waals surface area contributed by atoms with Crippen LogP contribution in [0.25, 0.3) is 11.1 Å². The molecule has 2 rings (SSSR count). The van der Waals surface area contributed by atoms with Gasteiger partial charge in [-0.3, -0.25) is 4.98 Å². The van der Waals surface area contributed by atoms with E-state index >= 15 is 0 Å². The summed E-state index contributed by atoms with van der Waals surface area (Å²) in [5, 5.41) is 0. The van der Waals surface area contributed by atoms with Gasteiger partial charge in [-0.15, -0.1) is 0 Å². The molecule has 0 saturated carbocycles. The van der Waals surface area contributed by atoms with E-state index in [1.807, 2.05) is 18.2 Å². The Morgan fingerprint density at radius 1 is 1.41 bits per heavy atom. The van der Waals surface area contributed by atoms with Gasteiger partial charge in [-0.25, -0.2) is 4.79 Å². The lowest BCUT2D eigenvalue weighted by Crippen LogP contribution is -2.28. The van der Waals surface area contributed by atoms with Crippen LogP contribution in [0.3, 0.4) is 0 Å². The van der Waals surface area contributed by atoms with Gasteiger partial charge >= 0.3 is 5.76 Å². The molecule has 0 aliphatic rings. The first-order chi connectivity index (χ1) is 8.06. The van der Waals surface area contributed by atoms with Crippen LogP contribution in [0, 0.1) is 0 Å². The molecule has 0 aliphatic carbocycles. The molecule has 4 heteroatoms. The molecule has 4 nitrogen and oxygen atoms in total. The van der Waals surface area contributed by atoms with Gasteiger partial charge in [-0.1, -0.05) is 6.07 Å². The summed E-state index contributed by atoms with van der Waals surface area (Å²) in [5.74, 6) is -0.392. The lowest BCUT2D eigenvalue weighted by molar-refractivity contribution is 0.277. The molecule has 0 saturated heterocycles. The summed E-state index contributed by atoms with van der Waals surface area (Å²) in [6.45, 7) is 5.36. The van der Waals surface area contributed by atoms with Gasteiger partial charge in [0.2, 0.25) is 0 Å². The number of benzene rings is 1. The molecule has 0 unspecified atom stereocenters. The molecular weight excluding hydrogens is 216 g/mol. The number of nitrogens with zero attached hydrogens (tertiary/aromatic N) is 1. The Kier molecular flexibility index (Phi) is 3.33. The highest BCUT2D eigenvalue weighted by Gasteiger charge is 2.05. The zero-order chi connectivity index (χ0) is 12.4. The quantitative estimate of drug-likeness (QED) is 0.880. The topological polar surface area (TPSA) is 49.2 Å². The fraction of sp³-hybridized carbons (Fsp3) is 0.462. The number of fused-ring (bicyclic) bond motifs is 1. The van der Waals surface area contributed by atoms with E-state index in [0.717, 1.165) is 18.5 Å². The second-order valence-electron chi connectivity index (χ2n) is 4.67. The minimum atomic E-state index is -0.392. The number of aromatic nitrogens is 1. The first kappa shape index (κ1) is 11.9. The van der Waals surface area contributed by atoms with E-state index in [0.29, 0.717) is 11.6 Å². The van der Waals surface area contributed by atoms with Crippen molar-refractivity contribution in [2.45, 2.75) is 26.3 Å². The predicted octanol–water partition coefficient (Wildman–Crippen LogP) is 2.00. The molecule has 1 aromatic carbocycles. The summed E-state index contributed by atoms with van der Waals surface area (Å²) in [4.78, 5) is 16.0.